The van der Waals surface area contributed by atoms with Gasteiger partial charge in [-0.1, -0.05) is 15.9 Å². The van der Waals surface area contributed by atoms with E-state index in [0.29, 0.717) is 28.0 Å². The van der Waals surface area contributed by atoms with Gasteiger partial charge in [-0.2, -0.15) is 0 Å². The lowest BCUT2D eigenvalue weighted by atomic mass is 9.79. The van der Waals surface area contributed by atoms with E-state index >= 15 is 0 Å². The molecule has 0 aromatic heterocycles. The first-order valence-electron chi connectivity index (χ1n) is 6.39. The summed E-state index contributed by atoms with van der Waals surface area (Å²) in [5, 5.41) is 0.353. The Kier molecular flexibility index (Phi) is 6.22. The molecule has 1 rings (SSSR count). The van der Waals surface area contributed by atoms with E-state index in [-0.39, 0.29) is 0 Å². The molecule has 0 atom stereocenters. The summed E-state index contributed by atoms with van der Waals surface area (Å²) in [5.74, 6) is -0.596. The zero-order valence-electron chi connectivity index (χ0n) is 13.2. The van der Waals surface area contributed by atoms with E-state index in [0.717, 1.165) is 0 Å². The molecule has 0 unspecified atom stereocenters. The molecule has 0 heterocycles. The number of methoxy groups -OCH3 is 4. The first kappa shape index (κ1) is 18.3. The predicted molar refractivity (Wildman–Crippen MR) is 83.6 cm³/mol. The molecule has 0 saturated heterocycles. The minimum atomic E-state index is -1.67. The summed E-state index contributed by atoms with van der Waals surface area (Å²) in [6.07, 6.45) is 0. The maximum absolute atomic E-state index is 12.3. The SMILES string of the molecule is COC(=O)C(C)(C(=O)OC)c1c(OC)ccc(OC)c1CBr. The van der Waals surface area contributed by atoms with Crippen molar-refractivity contribution < 1.29 is 28.5 Å². The zero-order valence-corrected chi connectivity index (χ0v) is 14.8. The number of benzene rings is 1. The van der Waals surface area contributed by atoms with Gasteiger partial charge < -0.3 is 18.9 Å². The molecule has 0 N–H and O–H groups in total. The van der Waals surface area contributed by atoms with Crippen molar-refractivity contribution >= 4 is 27.9 Å². The molecule has 0 radical (unpaired) electrons. The fraction of sp³-hybridized carbons (Fsp3) is 0.467. The summed E-state index contributed by atoms with van der Waals surface area (Å²) in [6.45, 7) is 1.44. The van der Waals surface area contributed by atoms with E-state index in [4.69, 9.17) is 18.9 Å². The zero-order chi connectivity index (χ0) is 16.9. The van der Waals surface area contributed by atoms with Crippen LogP contribution in [0.2, 0.25) is 0 Å². The van der Waals surface area contributed by atoms with Gasteiger partial charge in [0.1, 0.15) is 11.5 Å². The van der Waals surface area contributed by atoms with Crippen molar-refractivity contribution in [3.05, 3.63) is 23.3 Å². The third-order valence-corrected chi connectivity index (χ3v) is 4.05. The van der Waals surface area contributed by atoms with Gasteiger partial charge in [0.15, 0.2) is 5.41 Å². The second kappa shape index (κ2) is 7.49. The molecule has 0 spiro atoms. The van der Waals surface area contributed by atoms with Crippen LogP contribution in [0, 0.1) is 0 Å². The van der Waals surface area contributed by atoms with Crippen molar-refractivity contribution in [1.82, 2.24) is 0 Å². The molecule has 0 aliphatic carbocycles. The number of alkyl halides is 1. The minimum Gasteiger partial charge on any atom is -0.496 e. The van der Waals surface area contributed by atoms with Gasteiger partial charge >= 0.3 is 11.9 Å². The number of hydrogen-bond donors (Lipinski definition) is 0. The molecule has 0 aliphatic heterocycles. The minimum absolute atomic E-state index is 0.352. The smallest absolute Gasteiger partial charge is 0.327 e. The number of hydrogen-bond acceptors (Lipinski definition) is 6. The van der Waals surface area contributed by atoms with Gasteiger partial charge in [0.05, 0.1) is 28.4 Å². The van der Waals surface area contributed by atoms with Crippen LogP contribution in [-0.2, 0) is 29.8 Å². The largest absolute Gasteiger partial charge is 0.496 e. The fourth-order valence-corrected chi connectivity index (χ4v) is 2.90. The Labute approximate surface area is 137 Å². The van der Waals surface area contributed by atoms with Crippen molar-refractivity contribution in [2.24, 2.45) is 0 Å². The second-order valence-corrected chi connectivity index (χ2v) is 5.13. The Morgan fingerprint density at radius 2 is 1.45 bits per heavy atom. The van der Waals surface area contributed by atoms with Gasteiger partial charge in [-0.05, 0) is 19.1 Å². The third kappa shape index (κ3) is 2.90. The lowest BCUT2D eigenvalue weighted by Crippen LogP contribution is -2.43. The molecular weight excluding hydrogens is 356 g/mol. The summed E-state index contributed by atoms with van der Waals surface area (Å²) in [7, 11) is 5.39. The maximum Gasteiger partial charge on any atom is 0.327 e. The van der Waals surface area contributed by atoms with Crippen LogP contribution in [0.4, 0.5) is 0 Å². The van der Waals surface area contributed by atoms with Crippen LogP contribution in [-0.4, -0.2) is 40.4 Å². The number of carbonyl (C=O) groups is 2. The van der Waals surface area contributed by atoms with Crippen LogP contribution in [0.3, 0.4) is 0 Å². The van der Waals surface area contributed by atoms with E-state index in [9.17, 15) is 9.59 Å². The van der Waals surface area contributed by atoms with Gasteiger partial charge in [0, 0.05) is 16.5 Å². The highest BCUT2D eigenvalue weighted by Gasteiger charge is 2.49. The first-order valence-corrected chi connectivity index (χ1v) is 7.51. The summed E-state index contributed by atoms with van der Waals surface area (Å²) in [4.78, 5) is 24.7. The van der Waals surface area contributed by atoms with E-state index in [1.54, 1.807) is 12.1 Å². The topological polar surface area (TPSA) is 71.1 Å². The molecule has 122 valence electrons. The Morgan fingerprint density at radius 3 is 1.82 bits per heavy atom. The van der Waals surface area contributed by atoms with Crippen LogP contribution >= 0.6 is 15.9 Å². The summed E-state index contributed by atoms with van der Waals surface area (Å²) in [6, 6.07) is 3.33. The number of halogens is 1. The molecule has 0 aliphatic rings. The van der Waals surface area contributed by atoms with Gasteiger partial charge in [0.2, 0.25) is 0 Å². The van der Waals surface area contributed by atoms with Crippen LogP contribution in [0.15, 0.2) is 12.1 Å². The van der Waals surface area contributed by atoms with Crippen molar-refractivity contribution in [3.8, 4) is 11.5 Å². The van der Waals surface area contributed by atoms with Gasteiger partial charge in [0.25, 0.3) is 0 Å². The Balaban J connectivity index is 3.80. The van der Waals surface area contributed by atoms with Crippen molar-refractivity contribution in [1.29, 1.82) is 0 Å². The lowest BCUT2D eigenvalue weighted by Gasteiger charge is -2.28. The third-order valence-electron chi connectivity index (χ3n) is 3.49. The van der Waals surface area contributed by atoms with Gasteiger partial charge in [-0.25, -0.2) is 0 Å². The van der Waals surface area contributed by atoms with Crippen molar-refractivity contribution in [3.63, 3.8) is 0 Å². The second-order valence-electron chi connectivity index (χ2n) is 4.57. The van der Waals surface area contributed by atoms with E-state index in [2.05, 4.69) is 15.9 Å². The lowest BCUT2D eigenvalue weighted by molar-refractivity contribution is -0.161. The Hall–Kier alpha value is -1.76. The first-order chi connectivity index (χ1) is 10.4. The molecule has 0 fully saturated rings. The normalized spacial score (nSPS) is 10.8. The highest BCUT2D eigenvalue weighted by molar-refractivity contribution is 9.08. The highest BCUT2D eigenvalue weighted by Crippen LogP contribution is 2.41. The standard InChI is InChI=1S/C15H19BrO6/c1-15(13(17)21-4,14(18)22-5)12-9(8-16)10(19-2)6-7-11(12)20-3/h6-7H,8H2,1-5H3. The molecule has 22 heavy (non-hydrogen) atoms. The molecule has 1 aromatic rings. The molecule has 0 bridgehead atoms. The molecule has 6 nitrogen and oxygen atoms in total. The Morgan fingerprint density at radius 1 is 1.00 bits per heavy atom. The van der Waals surface area contributed by atoms with Crippen LogP contribution in [0.5, 0.6) is 11.5 Å². The van der Waals surface area contributed by atoms with E-state index < -0.39 is 17.4 Å². The van der Waals surface area contributed by atoms with Crippen molar-refractivity contribution in [2.45, 2.75) is 17.7 Å². The summed E-state index contributed by atoms with van der Waals surface area (Å²) < 4.78 is 20.3. The monoisotopic (exact) mass is 374 g/mol. The van der Waals surface area contributed by atoms with Crippen LogP contribution in [0.25, 0.3) is 0 Å². The number of rotatable bonds is 6. The maximum atomic E-state index is 12.3. The van der Waals surface area contributed by atoms with Crippen molar-refractivity contribution in [2.75, 3.05) is 28.4 Å². The van der Waals surface area contributed by atoms with Crippen LogP contribution < -0.4 is 9.47 Å². The quantitative estimate of drug-likeness (QED) is 0.431. The van der Waals surface area contributed by atoms with Crippen LogP contribution in [0.1, 0.15) is 18.1 Å². The average molecular weight is 375 g/mol. The summed E-state index contributed by atoms with van der Waals surface area (Å²) in [5.41, 5.74) is -0.711. The molecule has 0 amide bonds. The average Bonchev–Trinajstić information content (AvgIpc) is 2.57. The fourth-order valence-electron chi connectivity index (χ4n) is 2.35. The Bertz CT molecular complexity index is 553. The van der Waals surface area contributed by atoms with E-state index in [1.165, 1.54) is 35.4 Å². The predicted octanol–water partition coefficient (Wildman–Crippen LogP) is 2.20. The molecule has 1 aromatic carbocycles. The van der Waals surface area contributed by atoms with Gasteiger partial charge in [-0.3, -0.25) is 9.59 Å². The molecule has 7 heteroatoms. The van der Waals surface area contributed by atoms with E-state index in [1.807, 2.05) is 0 Å². The summed E-state index contributed by atoms with van der Waals surface area (Å²) >= 11 is 3.36. The number of ether oxygens (including phenoxy) is 4. The number of carbonyl (C=O) groups excluding carboxylic acids is 2. The highest BCUT2D eigenvalue weighted by atomic mass is 79.9. The molecular formula is C15H19BrO6. The van der Waals surface area contributed by atoms with Gasteiger partial charge in [-0.15, -0.1) is 0 Å². The number of esters is 2. The molecule has 0 saturated carbocycles.